The van der Waals surface area contributed by atoms with Gasteiger partial charge in [-0.15, -0.1) is 0 Å². The molecule has 0 spiro atoms. The summed E-state index contributed by atoms with van der Waals surface area (Å²) in [4.78, 5) is 0. The summed E-state index contributed by atoms with van der Waals surface area (Å²) in [6.45, 7) is 0. The molecule has 0 unspecified atom stereocenters. The van der Waals surface area contributed by atoms with Crippen LogP contribution in [0.2, 0.25) is 0 Å². The SMILES string of the molecule is FC(F)(F)C(F)(F)C(F)(F)C(F)(F)C(F)(F)C(F)(F)[SiH3]. The van der Waals surface area contributed by atoms with E-state index in [0.29, 0.717) is 0 Å². The molecule has 0 aromatic heterocycles. The van der Waals surface area contributed by atoms with Crippen LogP contribution in [-0.4, -0.2) is 45.7 Å². The van der Waals surface area contributed by atoms with Crippen LogP contribution in [-0.2, 0) is 0 Å². The Balaban J connectivity index is 6.08. The van der Waals surface area contributed by atoms with Crippen LogP contribution in [0, 0.1) is 0 Å². The lowest BCUT2D eigenvalue weighted by atomic mass is 9.98. The van der Waals surface area contributed by atoms with Crippen LogP contribution in [0.1, 0.15) is 0 Å². The Labute approximate surface area is 104 Å². The minimum absolute atomic E-state index is 2.20. The van der Waals surface area contributed by atoms with E-state index in [9.17, 15) is 57.1 Å². The molecule has 0 nitrogen and oxygen atoms in total. The molecule has 0 aromatic rings. The van der Waals surface area contributed by atoms with E-state index in [2.05, 4.69) is 0 Å². The minimum Gasteiger partial charge on any atom is -0.206 e. The smallest absolute Gasteiger partial charge is 0.206 e. The first-order chi connectivity index (χ1) is 8.25. The van der Waals surface area contributed by atoms with Crippen LogP contribution >= 0.6 is 0 Å². The summed E-state index contributed by atoms with van der Waals surface area (Å²) in [5.74, 6) is -30.1. The lowest BCUT2D eigenvalue weighted by molar-refractivity contribution is -0.433. The first kappa shape index (κ1) is 19.3. The van der Waals surface area contributed by atoms with Gasteiger partial charge in [0.05, 0.1) is 10.2 Å². The lowest BCUT2D eigenvalue weighted by Gasteiger charge is -2.39. The van der Waals surface area contributed by atoms with Gasteiger partial charge >= 0.3 is 29.9 Å². The molecule has 0 rings (SSSR count). The molecule has 0 aliphatic rings. The van der Waals surface area contributed by atoms with Crippen LogP contribution in [0.25, 0.3) is 0 Å². The first-order valence-corrected chi connectivity index (χ1v) is 5.21. The highest BCUT2D eigenvalue weighted by Crippen LogP contribution is 2.59. The molecule has 0 saturated heterocycles. The quantitative estimate of drug-likeness (QED) is 0.540. The van der Waals surface area contributed by atoms with E-state index in [4.69, 9.17) is 0 Å². The monoisotopic (exact) mass is 350 g/mol. The largest absolute Gasteiger partial charge is 0.460 e. The number of hydrogen-bond donors (Lipinski definition) is 0. The van der Waals surface area contributed by atoms with E-state index in [1.54, 1.807) is 0 Å². The maximum atomic E-state index is 12.6. The van der Waals surface area contributed by atoms with E-state index in [0.717, 1.165) is 0 Å². The van der Waals surface area contributed by atoms with Crippen molar-refractivity contribution < 1.29 is 57.1 Å². The van der Waals surface area contributed by atoms with Gasteiger partial charge in [-0.1, -0.05) is 0 Å². The zero-order valence-electron chi connectivity index (χ0n) is 8.91. The molecule has 0 N–H and O–H groups in total. The second kappa shape index (κ2) is 4.40. The highest BCUT2D eigenvalue weighted by Gasteiger charge is 2.89. The summed E-state index contributed by atoms with van der Waals surface area (Å²) in [5, 5.41) is 0. The van der Waals surface area contributed by atoms with Crippen LogP contribution < -0.4 is 0 Å². The second-order valence-corrected chi connectivity index (χ2v) is 4.94. The van der Waals surface area contributed by atoms with Gasteiger partial charge in [0, 0.05) is 0 Å². The Kier molecular flexibility index (Phi) is 4.25. The Morgan fingerprint density at radius 3 is 0.850 bits per heavy atom. The summed E-state index contributed by atoms with van der Waals surface area (Å²) in [7, 11) is -2.20. The van der Waals surface area contributed by atoms with Gasteiger partial charge in [-0.3, -0.25) is 0 Å². The molecule has 0 fully saturated rings. The Morgan fingerprint density at radius 2 is 0.650 bits per heavy atom. The van der Waals surface area contributed by atoms with Gasteiger partial charge in [0.1, 0.15) is 0 Å². The van der Waals surface area contributed by atoms with Crippen LogP contribution in [0.5, 0.6) is 0 Å². The second-order valence-electron chi connectivity index (χ2n) is 3.68. The van der Waals surface area contributed by atoms with Gasteiger partial charge < -0.3 is 0 Å². The fourth-order valence-electron chi connectivity index (χ4n) is 0.848. The fourth-order valence-corrected chi connectivity index (χ4v) is 1.16. The number of hydrogen-bond acceptors (Lipinski definition) is 0. The van der Waals surface area contributed by atoms with Gasteiger partial charge in [0.2, 0.25) is 0 Å². The highest BCUT2D eigenvalue weighted by atomic mass is 28.1. The molecular formula is C6H3F13Si. The standard InChI is InChI=1S/C6H3F13Si/c7-1(8,3(11,12)5(15,16)17)2(9,10)4(13,14)6(18,19)20/h20H3. The summed E-state index contributed by atoms with van der Waals surface area (Å²) >= 11 is 0. The van der Waals surface area contributed by atoms with Crippen LogP contribution in [0.3, 0.4) is 0 Å². The molecule has 0 saturated carbocycles. The van der Waals surface area contributed by atoms with Crippen molar-refractivity contribution in [3.05, 3.63) is 0 Å². The molecule has 14 heteroatoms. The zero-order chi connectivity index (χ0) is 17.0. The Morgan fingerprint density at radius 1 is 0.400 bits per heavy atom. The van der Waals surface area contributed by atoms with Crippen molar-refractivity contribution in [2.24, 2.45) is 0 Å². The van der Waals surface area contributed by atoms with Crippen LogP contribution in [0.15, 0.2) is 0 Å². The summed E-state index contributed by atoms with van der Waals surface area (Å²) in [6, 6.07) is 0. The van der Waals surface area contributed by atoms with Gasteiger partial charge in [-0.2, -0.15) is 48.3 Å². The summed E-state index contributed by atoms with van der Waals surface area (Å²) < 4.78 is 158. The third-order valence-electron chi connectivity index (χ3n) is 2.09. The first-order valence-electron chi connectivity index (χ1n) is 4.21. The predicted molar refractivity (Wildman–Crippen MR) is 40.7 cm³/mol. The van der Waals surface area contributed by atoms with Gasteiger partial charge in [0.15, 0.2) is 0 Å². The summed E-state index contributed by atoms with van der Waals surface area (Å²) in [6.07, 6.45) is -7.35. The number of halogens is 13. The lowest BCUT2D eigenvalue weighted by Crippen LogP contribution is -2.70. The van der Waals surface area contributed by atoms with Gasteiger partial charge in [-0.25, -0.2) is 8.78 Å². The van der Waals surface area contributed by atoms with E-state index >= 15 is 0 Å². The molecule has 0 aliphatic heterocycles. The molecule has 0 aromatic carbocycles. The predicted octanol–water partition coefficient (Wildman–Crippen LogP) is 3.05. The number of rotatable bonds is 4. The number of alkyl halides is 13. The molecule has 0 atom stereocenters. The Hall–Kier alpha value is -0.693. The van der Waals surface area contributed by atoms with Crippen molar-refractivity contribution in [1.82, 2.24) is 0 Å². The topological polar surface area (TPSA) is 0 Å². The average Bonchev–Trinajstić information content (AvgIpc) is 2.12. The highest BCUT2D eigenvalue weighted by molar-refractivity contribution is 6.14. The van der Waals surface area contributed by atoms with Gasteiger partial charge in [-0.05, 0) is 0 Å². The third-order valence-corrected chi connectivity index (χ3v) is 2.72. The van der Waals surface area contributed by atoms with Crippen LogP contribution in [0.4, 0.5) is 57.1 Å². The average molecular weight is 350 g/mol. The normalized spacial score (nSPS) is 16.6. The van der Waals surface area contributed by atoms with Crippen molar-refractivity contribution >= 4 is 10.2 Å². The zero-order valence-corrected chi connectivity index (χ0v) is 10.9. The molecular weight excluding hydrogens is 347 g/mol. The molecule has 0 heterocycles. The maximum absolute atomic E-state index is 12.6. The molecule has 122 valence electrons. The van der Waals surface area contributed by atoms with E-state index in [-0.39, 0.29) is 0 Å². The molecule has 0 aliphatic carbocycles. The molecule has 0 bridgehead atoms. The molecule has 20 heavy (non-hydrogen) atoms. The maximum Gasteiger partial charge on any atom is 0.460 e. The molecule has 0 radical (unpaired) electrons. The fraction of sp³-hybridized carbons (Fsp3) is 1.00. The van der Waals surface area contributed by atoms with Crippen molar-refractivity contribution in [2.75, 3.05) is 0 Å². The minimum atomic E-state index is -7.78. The summed E-state index contributed by atoms with van der Waals surface area (Å²) in [5.41, 5.74) is -5.85. The van der Waals surface area contributed by atoms with E-state index in [1.807, 2.05) is 0 Å². The van der Waals surface area contributed by atoms with Gasteiger partial charge in [0.25, 0.3) is 5.55 Å². The van der Waals surface area contributed by atoms with E-state index in [1.165, 1.54) is 0 Å². The van der Waals surface area contributed by atoms with Crippen molar-refractivity contribution in [3.63, 3.8) is 0 Å². The van der Waals surface area contributed by atoms with Crippen molar-refractivity contribution in [3.8, 4) is 0 Å². The Bertz CT molecular complexity index is 324. The third kappa shape index (κ3) is 2.34. The van der Waals surface area contributed by atoms with Crippen molar-refractivity contribution in [1.29, 1.82) is 0 Å². The molecule has 0 amide bonds. The van der Waals surface area contributed by atoms with Crippen molar-refractivity contribution in [2.45, 2.75) is 35.4 Å². The van der Waals surface area contributed by atoms with E-state index < -0.39 is 45.7 Å².